The number of nitrogens with zero attached hydrogens (tertiary/aromatic N) is 2. The summed E-state index contributed by atoms with van der Waals surface area (Å²) in [6.07, 6.45) is 1.54. The molecule has 27 heavy (non-hydrogen) atoms. The minimum Gasteiger partial charge on any atom is -0.492 e. The third kappa shape index (κ3) is 4.11. The minimum absolute atomic E-state index is 0.0104. The molecule has 0 saturated heterocycles. The fourth-order valence-corrected chi connectivity index (χ4v) is 3.67. The van der Waals surface area contributed by atoms with Crippen molar-refractivity contribution in [2.45, 2.75) is 31.3 Å². The average Bonchev–Trinajstić information content (AvgIpc) is 2.78. The number of nitrogens with one attached hydrogen (secondary N) is 2. The zero-order valence-corrected chi connectivity index (χ0v) is 15.0. The highest BCUT2D eigenvalue weighted by molar-refractivity contribution is 5.78. The predicted molar refractivity (Wildman–Crippen MR) is 100 cm³/mol. The number of rotatable bonds is 4. The highest BCUT2D eigenvalue weighted by Crippen LogP contribution is 2.35. The molecule has 0 atom stereocenters. The monoisotopic (exact) mass is 369 g/mol. The number of H-pyrrole nitrogens is 1. The number of hydrogen-bond acceptors (Lipinski definition) is 6. The van der Waals surface area contributed by atoms with Crippen molar-refractivity contribution in [1.29, 1.82) is 0 Å². The first kappa shape index (κ1) is 17.5. The lowest BCUT2D eigenvalue weighted by Crippen LogP contribution is -2.47. The molecule has 0 unspecified atom stereocenters. The lowest BCUT2D eigenvalue weighted by molar-refractivity contribution is -0.123. The molecule has 2 aromatic rings. The van der Waals surface area contributed by atoms with E-state index >= 15 is 0 Å². The molecule has 8 nitrogen and oxygen atoms in total. The van der Waals surface area contributed by atoms with Crippen LogP contribution in [0.5, 0.6) is 5.75 Å². The first-order valence-electron chi connectivity index (χ1n) is 9.16. The van der Waals surface area contributed by atoms with Gasteiger partial charge in [-0.3, -0.25) is 19.5 Å². The maximum atomic E-state index is 12.4. The Labute approximate surface area is 156 Å². The number of amides is 1. The molecule has 1 amide bonds. The second kappa shape index (κ2) is 7.40. The van der Waals surface area contributed by atoms with Gasteiger partial charge < -0.3 is 15.8 Å². The highest BCUT2D eigenvalue weighted by atomic mass is 16.5. The number of anilines is 1. The average molecular weight is 369 g/mol. The number of carbonyl (C=O) groups excluding carboxylic acids is 1. The summed E-state index contributed by atoms with van der Waals surface area (Å²) in [6, 6.07) is 9.52. The fraction of sp³-hybridized carbons (Fsp3) is 0.421. The number of para-hydroxylation sites is 1. The standard InChI is InChI=1S/C19H23N5O3/c20-19-22-15(9-17(25)23-19)13-7-14(8-13)21-18(26)11-24-5-6-27-16-4-2-1-3-12(16)10-24/h1-4,9,13-14H,5-8,10-11H2,(H,21,26)(H3,20,22,23,25). The van der Waals surface area contributed by atoms with Crippen molar-refractivity contribution in [3.05, 3.63) is 51.9 Å². The van der Waals surface area contributed by atoms with Gasteiger partial charge in [-0.25, -0.2) is 4.98 Å². The number of hydrogen-bond donors (Lipinski definition) is 3. The van der Waals surface area contributed by atoms with Crippen LogP contribution in [0.2, 0.25) is 0 Å². The largest absolute Gasteiger partial charge is 0.492 e. The summed E-state index contributed by atoms with van der Waals surface area (Å²) in [6.45, 7) is 2.33. The van der Waals surface area contributed by atoms with E-state index in [1.807, 2.05) is 24.3 Å². The predicted octanol–water partition coefficient (Wildman–Crippen LogP) is 0.609. The van der Waals surface area contributed by atoms with E-state index in [-0.39, 0.29) is 29.4 Å². The van der Waals surface area contributed by atoms with Gasteiger partial charge in [-0.1, -0.05) is 18.2 Å². The van der Waals surface area contributed by atoms with Crippen LogP contribution >= 0.6 is 0 Å². The van der Waals surface area contributed by atoms with Gasteiger partial charge in [0.05, 0.1) is 12.2 Å². The van der Waals surface area contributed by atoms with Crippen LogP contribution in [0.1, 0.15) is 30.0 Å². The molecule has 1 fully saturated rings. The summed E-state index contributed by atoms with van der Waals surface area (Å²) >= 11 is 0. The second-order valence-corrected chi connectivity index (χ2v) is 7.16. The molecule has 8 heteroatoms. The van der Waals surface area contributed by atoms with Crippen LogP contribution < -0.4 is 21.3 Å². The third-order valence-electron chi connectivity index (χ3n) is 5.10. The molecule has 4 rings (SSSR count). The molecule has 1 aromatic heterocycles. The Morgan fingerprint density at radius 2 is 2.19 bits per heavy atom. The van der Waals surface area contributed by atoms with E-state index in [9.17, 15) is 9.59 Å². The van der Waals surface area contributed by atoms with Crippen LogP contribution in [0.15, 0.2) is 35.1 Å². The van der Waals surface area contributed by atoms with Crippen LogP contribution in [-0.4, -0.2) is 46.5 Å². The number of nitrogens with two attached hydrogens (primary N) is 1. The summed E-state index contributed by atoms with van der Waals surface area (Å²) in [4.78, 5) is 32.6. The lowest BCUT2D eigenvalue weighted by Gasteiger charge is -2.35. The molecule has 0 bridgehead atoms. The van der Waals surface area contributed by atoms with Crippen molar-refractivity contribution < 1.29 is 9.53 Å². The van der Waals surface area contributed by atoms with Crippen molar-refractivity contribution in [2.75, 3.05) is 25.4 Å². The van der Waals surface area contributed by atoms with Gasteiger partial charge in [-0.15, -0.1) is 0 Å². The Morgan fingerprint density at radius 3 is 3.00 bits per heavy atom. The summed E-state index contributed by atoms with van der Waals surface area (Å²) in [5, 5.41) is 3.07. The summed E-state index contributed by atoms with van der Waals surface area (Å²) in [5.41, 5.74) is 7.15. The number of ether oxygens (including phenoxy) is 1. The Morgan fingerprint density at radius 1 is 1.37 bits per heavy atom. The molecule has 0 spiro atoms. The molecular weight excluding hydrogens is 346 g/mol. The van der Waals surface area contributed by atoms with Gasteiger partial charge in [0.1, 0.15) is 12.4 Å². The zero-order valence-electron chi connectivity index (χ0n) is 15.0. The van der Waals surface area contributed by atoms with E-state index in [2.05, 4.69) is 20.2 Å². The first-order valence-corrected chi connectivity index (χ1v) is 9.16. The SMILES string of the molecule is Nc1nc(C2CC(NC(=O)CN3CCOc4ccccc4C3)C2)cc(=O)[nH]1. The number of carbonyl (C=O) groups is 1. The summed E-state index contributed by atoms with van der Waals surface area (Å²) in [7, 11) is 0. The Hall–Kier alpha value is -2.87. The van der Waals surface area contributed by atoms with Crippen LogP contribution in [0.4, 0.5) is 5.95 Å². The van der Waals surface area contributed by atoms with Gasteiger partial charge in [-0.05, 0) is 18.9 Å². The highest BCUT2D eigenvalue weighted by Gasteiger charge is 2.33. The van der Waals surface area contributed by atoms with Crippen molar-refractivity contribution in [1.82, 2.24) is 20.2 Å². The molecule has 1 aliphatic carbocycles. The quantitative estimate of drug-likeness (QED) is 0.728. The maximum absolute atomic E-state index is 12.4. The van der Waals surface area contributed by atoms with Gasteiger partial charge in [-0.2, -0.15) is 0 Å². The molecule has 1 saturated carbocycles. The van der Waals surface area contributed by atoms with Crippen molar-refractivity contribution in [3.63, 3.8) is 0 Å². The van der Waals surface area contributed by atoms with Crippen LogP contribution in [0.3, 0.4) is 0 Å². The van der Waals surface area contributed by atoms with E-state index < -0.39 is 0 Å². The number of benzene rings is 1. The molecule has 1 aromatic carbocycles. The van der Waals surface area contributed by atoms with Crippen molar-refractivity contribution in [2.24, 2.45) is 0 Å². The molecule has 1 aliphatic heterocycles. The Kier molecular flexibility index (Phi) is 4.81. The Bertz CT molecular complexity index is 891. The molecular formula is C19H23N5O3. The van der Waals surface area contributed by atoms with Gasteiger partial charge in [0.25, 0.3) is 5.56 Å². The van der Waals surface area contributed by atoms with E-state index in [0.29, 0.717) is 31.9 Å². The first-order chi connectivity index (χ1) is 13.1. The van der Waals surface area contributed by atoms with Crippen LogP contribution in [-0.2, 0) is 11.3 Å². The summed E-state index contributed by atoms with van der Waals surface area (Å²) in [5.74, 6) is 1.20. The zero-order chi connectivity index (χ0) is 18.8. The van der Waals surface area contributed by atoms with Gasteiger partial charge in [0.15, 0.2) is 0 Å². The third-order valence-corrected chi connectivity index (χ3v) is 5.10. The summed E-state index contributed by atoms with van der Waals surface area (Å²) < 4.78 is 5.74. The van der Waals surface area contributed by atoms with Crippen molar-refractivity contribution in [3.8, 4) is 5.75 Å². The molecule has 2 aliphatic rings. The lowest BCUT2D eigenvalue weighted by atomic mass is 9.78. The number of aromatic nitrogens is 2. The fourth-order valence-electron chi connectivity index (χ4n) is 3.67. The van der Waals surface area contributed by atoms with Crippen LogP contribution in [0.25, 0.3) is 0 Å². The molecule has 0 radical (unpaired) electrons. The van der Waals surface area contributed by atoms with Crippen molar-refractivity contribution >= 4 is 11.9 Å². The number of aromatic amines is 1. The molecule has 142 valence electrons. The van der Waals surface area contributed by atoms with E-state index in [1.165, 1.54) is 6.07 Å². The minimum atomic E-state index is -0.242. The normalized spacial score (nSPS) is 22.1. The van der Waals surface area contributed by atoms with E-state index in [0.717, 1.165) is 24.2 Å². The molecule has 4 N–H and O–H groups in total. The number of fused-ring (bicyclic) bond motifs is 1. The van der Waals surface area contributed by atoms with Gasteiger partial charge in [0, 0.05) is 36.7 Å². The molecule has 2 heterocycles. The van der Waals surface area contributed by atoms with E-state index in [1.54, 1.807) is 0 Å². The Balaban J connectivity index is 1.28. The number of nitrogen functional groups attached to an aromatic ring is 1. The smallest absolute Gasteiger partial charge is 0.252 e. The van der Waals surface area contributed by atoms with Crippen LogP contribution in [0, 0.1) is 0 Å². The second-order valence-electron chi connectivity index (χ2n) is 7.16. The van der Waals surface area contributed by atoms with E-state index in [4.69, 9.17) is 10.5 Å². The van der Waals surface area contributed by atoms with Gasteiger partial charge >= 0.3 is 0 Å². The maximum Gasteiger partial charge on any atom is 0.252 e. The van der Waals surface area contributed by atoms with Gasteiger partial charge in [0.2, 0.25) is 11.9 Å². The topological polar surface area (TPSA) is 113 Å².